The van der Waals surface area contributed by atoms with Crippen LogP contribution in [0.2, 0.25) is 0 Å². The van der Waals surface area contributed by atoms with E-state index in [2.05, 4.69) is 39.8 Å². The van der Waals surface area contributed by atoms with Gasteiger partial charge in [0, 0.05) is 0 Å². The van der Waals surface area contributed by atoms with Gasteiger partial charge >= 0.3 is 0 Å². The minimum absolute atomic E-state index is 0.714. The highest BCUT2D eigenvalue weighted by molar-refractivity contribution is 4.84. The second kappa shape index (κ2) is 7.39. The molecule has 0 aliphatic carbocycles. The van der Waals surface area contributed by atoms with E-state index in [4.69, 9.17) is 0 Å². The van der Waals surface area contributed by atoms with E-state index in [9.17, 15) is 0 Å². The summed E-state index contributed by atoms with van der Waals surface area (Å²) in [6.07, 6.45) is 9.97. The van der Waals surface area contributed by atoms with Crippen LogP contribution in [0.5, 0.6) is 0 Å². The molecule has 1 atom stereocenters. The van der Waals surface area contributed by atoms with Crippen molar-refractivity contribution in [3.63, 3.8) is 0 Å². The van der Waals surface area contributed by atoms with E-state index in [1.54, 1.807) is 0 Å². The van der Waals surface area contributed by atoms with Gasteiger partial charge in [0.1, 0.15) is 0 Å². The Morgan fingerprint density at radius 2 is 1.75 bits per heavy atom. The molecule has 0 rings (SSSR count). The average Bonchev–Trinajstić information content (AvgIpc) is 1.98. The Bertz CT molecular complexity index is 111. The van der Waals surface area contributed by atoms with E-state index >= 15 is 0 Å². The maximum absolute atomic E-state index is 2.35. The first-order chi connectivity index (χ1) is 5.66. The molecule has 0 heterocycles. The van der Waals surface area contributed by atoms with Crippen LogP contribution in [-0.2, 0) is 0 Å². The van der Waals surface area contributed by atoms with Crippen molar-refractivity contribution in [3.05, 3.63) is 12.2 Å². The lowest BCUT2D eigenvalue weighted by Crippen LogP contribution is -1.92. The summed E-state index contributed by atoms with van der Waals surface area (Å²) in [5.74, 6) is 1.62. The predicted octanol–water partition coefficient (Wildman–Crippen LogP) is 4.42. The number of allylic oxidation sites excluding steroid dienone is 2. The summed E-state index contributed by atoms with van der Waals surface area (Å²) in [5.41, 5.74) is 0. The Balaban J connectivity index is 3.30. The van der Waals surface area contributed by atoms with Crippen molar-refractivity contribution in [1.29, 1.82) is 0 Å². The molecule has 0 spiro atoms. The van der Waals surface area contributed by atoms with Crippen LogP contribution in [-0.4, -0.2) is 0 Å². The Labute approximate surface area is 78.1 Å². The molecule has 0 aromatic rings. The van der Waals surface area contributed by atoms with Crippen LogP contribution in [0.3, 0.4) is 0 Å². The molecule has 0 nitrogen and oxygen atoms in total. The van der Waals surface area contributed by atoms with Crippen molar-refractivity contribution in [2.75, 3.05) is 0 Å². The molecule has 12 heavy (non-hydrogen) atoms. The molecule has 1 unspecified atom stereocenters. The van der Waals surface area contributed by atoms with Gasteiger partial charge in [-0.15, -0.1) is 0 Å². The van der Waals surface area contributed by atoms with Crippen molar-refractivity contribution in [1.82, 2.24) is 0 Å². The third-order valence-electron chi connectivity index (χ3n) is 2.13. The van der Waals surface area contributed by atoms with Crippen LogP contribution in [0, 0.1) is 11.8 Å². The molecule has 0 radical (unpaired) electrons. The molecular formula is C12H24. The first-order valence-electron chi connectivity index (χ1n) is 5.33. The Kier molecular flexibility index (Phi) is 7.23. The topological polar surface area (TPSA) is 0 Å². The van der Waals surface area contributed by atoms with E-state index < -0.39 is 0 Å². The fourth-order valence-electron chi connectivity index (χ4n) is 1.39. The third kappa shape index (κ3) is 7.84. The summed E-state index contributed by atoms with van der Waals surface area (Å²) in [4.78, 5) is 0. The maximum atomic E-state index is 2.35. The molecule has 0 aliphatic heterocycles. The van der Waals surface area contributed by atoms with Crippen LogP contribution in [0.1, 0.15) is 53.4 Å². The normalized spacial score (nSPS) is 14.4. The summed E-state index contributed by atoms with van der Waals surface area (Å²) < 4.78 is 0. The van der Waals surface area contributed by atoms with Gasteiger partial charge in [-0.05, 0) is 24.7 Å². The minimum Gasteiger partial charge on any atom is -0.0883 e. The zero-order valence-electron chi connectivity index (χ0n) is 9.14. The van der Waals surface area contributed by atoms with E-state index in [-0.39, 0.29) is 0 Å². The molecule has 0 bridgehead atoms. The van der Waals surface area contributed by atoms with Gasteiger partial charge in [0.25, 0.3) is 0 Å². The van der Waals surface area contributed by atoms with Crippen molar-refractivity contribution >= 4 is 0 Å². The largest absolute Gasteiger partial charge is 0.0883 e. The predicted molar refractivity (Wildman–Crippen MR) is 57.3 cm³/mol. The van der Waals surface area contributed by atoms with Crippen LogP contribution in [0.4, 0.5) is 0 Å². The van der Waals surface area contributed by atoms with E-state index in [1.807, 2.05) is 0 Å². The zero-order chi connectivity index (χ0) is 9.40. The second-order valence-corrected chi connectivity index (χ2v) is 4.14. The van der Waals surface area contributed by atoms with E-state index in [0.717, 1.165) is 5.92 Å². The van der Waals surface area contributed by atoms with Crippen molar-refractivity contribution in [2.45, 2.75) is 53.4 Å². The quantitative estimate of drug-likeness (QED) is 0.515. The van der Waals surface area contributed by atoms with Crippen molar-refractivity contribution < 1.29 is 0 Å². The third-order valence-corrected chi connectivity index (χ3v) is 2.13. The Hall–Kier alpha value is -0.260. The first kappa shape index (κ1) is 11.7. The zero-order valence-corrected chi connectivity index (χ0v) is 9.14. The van der Waals surface area contributed by atoms with Crippen LogP contribution in [0.25, 0.3) is 0 Å². The Morgan fingerprint density at radius 3 is 2.25 bits per heavy atom. The molecular weight excluding hydrogens is 144 g/mol. The lowest BCUT2D eigenvalue weighted by molar-refractivity contribution is 0.490. The lowest BCUT2D eigenvalue weighted by Gasteiger charge is -2.06. The molecule has 0 saturated carbocycles. The SMILES string of the molecule is CCCC(C)CCC=CC(C)C. The Morgan fingerprint density at radius 1 is 1.08 bits per heavy atom. The monoisotopic (exact) mass is 168 g/mol. The highest BCUT2D eigenvalue weighted by Crippen LogP contribution is 2.12. The summed E-state index contributed by atoms with van der Waals surface area (Å²) in [5, 5.41) is 0. The summed E-state index contributed by atoms with van der Waals surface area (Å²) >= 11 is 0. The molecule has 0 heteroatoms. The van der Waals surface area contributed by atoms with Gasteiger partial charge in [-0.2, -0.15) is 0 Å². The van der Waals surface area contributed by atoms with Crippen molar-refractivity contribution in [2.24, 2.45) is 11.8 Å². The number of hydrogen-bond donors (Lipinski definition) is 0. The van der Waals surface area contributed by atoms with Gasteiger partial charge < -0.3 is 0 Å². The molecule has 0 aliphatic rings. The molecule has 0 aromatic heterocycles. The van der Waals surface area contributed by atoms with E-state index in [1.165, 1.54) is 25.7 Å². The van der Waals surface area contributed by atoms with Gasteiger partial charge in [0.05, 0.1) is 0 Å². The number of rotatable bonds is 6. The van der Waals surface area contributed by atoms with Gasteiger partial charge in [0.15, 0.2) is 0 Å². The van der Waals surface area contributed by atoms with Gasteiger partial charge in [0.2, 0.25) is 0 Å². The highest BCUT2D eigenvalue weighted by Gasteiger charge is 1.97. The molecule has 72 valence electrons. The summed E-state index contributed by atoms with van der Waals surface area (Å²) in [6.45, 7) is 9.07. The fraction of sp³-hybridized carbons (Fsp3) is 0.833. The van der Waals surface area contributed by atoms with Crippen LogP contribution in [0.15, 0.2) is 12.2 Å². The molecule has 0 saturated heterocycles. The fourth-order valence-corrected chi connectivity index (χ4v) is 1.39. The molecule has 0 aromatic carbocycles. The molecule has 0 fully saturated rings. The second-order valence-electron chi connectivity index (χ2n) is 4.14. The molecule has 0 amide bonds. The van der Waals surface area contributed by atoms with Gasteiger partial charge in [-0.25, -0.2) is 0 Å². The average molecular weight is 168 g/mol. The number of hydrogen-bond acceptors (Lipinski definition) is 0. The molecule has 0 N–H and O–H groups in total. The smallest absolute Gasteiger partial charge is 0.0290 e. The van der Waals surface area contributed by atoms with Crippen molar-refractivity contribution in [3.8, 4) is 0 Å². The van der Waals surface area contributed by atoms with Gasteiger partial charge in [-0.3, -0.25) is 0 Å². The minimum atomic E-state index is 0.714. The maximum Gasteiger partial charge on any atom is -0.0290 e. The van der Waals surface area contributed by atoms with Crippen LogP contribution >= 0.6 is 0 Å². The van der Waals surface area contributed by atoms with E-state index in [0.29, 0.717) is 5.92 Å². The highest BCUT2D eigenvalue weighted by atomic mass is 14.0. The lowest BCUT2D eigenvalue weighted by atomic mass is 10.00. The summed E-state index contributed by atoms with van der Waals surface area (Å²) in [7, 11) is 0. The summed E-state index contributed by atoms with van der Waals surface area (Å²) in [6, 6.07) is 0. The standard InChI is InChI=1S/C12H24/c1-5-8-12(4)10-7-6-9-11(2)3/h6,9,11-12H,5,7-8,10H2,1-4H3. The van der Waals surface area contributed by atoms with Crippen LogP contribution < -0.4 is 0 Å². The van der Waals surface area contributed by atoms with Gasteiger partial charge in [-0.1, -0.05) is 52.7 Å². The first-order valence-corrected chi connectivity index (χ1v) is 5.33.